The Kier molecular flexibility index (Phi) is 3.32. The first-order valence-corrected chi connectivity index (χ1v) is 6.31. The summed E-state index contributed by atoms with van der Waals surface area (Å²) in [5.74, 6) is -1.34. The summed E-state index contributed by atoms with van der Waals surface area (Å²) in [5, 5.41) is 9.31. The van der Waals surface area contributed by atoms with Gasteiger partial charge in [-0.1, -0.05) is 25.1 Å². The molecule has 0 aromatic heterocycles. The number of nitrogens with zero attached hydrogens (tertiary/aromatic N) is 1. The van der Waals surface area contributed by atoms with E-state index in [0.717, 1.165) is 5.56 Å². The van der Waals surface area contributed by atoms with Gasteiger partial charge < -0.3 is 10.8 Å². The molecular formula is C14H18N2O3. The van der Waals surface area contributed by atoms with Crippen molar-refractivity contribution in [3.8, 4) is 0 Å². The Morgan fingerprint density at radius 1 is 1.47 bits per heavy atom. The Labute approximate surface area is 112 Å². The third kappa shape index (κ3) is 2.21. The second-order valence-electron chi connectivity index (χ2n) is 5.13. The quantitative estimate of drug-likeness (QED) is 0.856. The van der Waals surface area contributed by atoms with E-state index in [9.17, 15) is 14.7 Å². The molecule has 19 heavy (non-hydrogen) atoms. The smallest absolute Gasteiger partial charge is 0.327 e. The Morgan fingerprint density at radius 3 is 2.68 bits per heavy atom. The fourth-order valence-electron chi connectivity index (χ4n) is 2.26. The number of carboxylic acids is 1. The van der Waals surface area contributed by atoms with Gasteiger partial charge in [-0.15, -0.1) is 0 Å². The lowest BCUT2D eigenvalue weighted by molar-refractivity contribution is -0.140. The number of para-hydroxylation sites is 1. The maximum Gasteiger partial charge on any atom is 0.327 e. The number of nitrogens with two attached hydrogens (primary N) is 1. The van der Waals surface area contributed by atoms with E-state index in [2.05, 4.69) is 0 Å². The standard InChI is InChI=1S/C14H18N2O3/c1-3-14(2,15)13(19)16-10-7-5-4-6-9(10)8-11(16)12(17)18/h4-7,11H,3,8,15H2,1-2H3,(H,17,18)/t11-,14?/m0/s1. The number of carbonyl (C=O) groups is 2. The molecule has 5 heteroatoms. The van der Waals surface area contributed by atoms with Crippen LogP contribution in [-0.4, -0.2) is 28.6 Å². The lowest BCUT2D eigenvalue weighted by Gasteiger charge is -2.31. The zero-order valence-corrected chi connectivity index (χ0v) is 11.1. The van der Waals surface area contributed by atoms with E-state index in [1.165, 1.54) is 4.90 Å². The van der Waals surface area contributed by atoms with Crippen LogP contribution in [0, 0.1) is 0 Å². The molecule has 3 N–H and O–H groups in total. The molecule has 1 aliphatic heterocycles. The number of hydrogen-bond acceptors (Lipinski definition) is 3. The highest BCUT2D eigenvalue weighted by atomic mass is 16.4. The maximum absolute atomic E-state index is 12.5. The van der Waals surface area contributed by atoms with Crippen LogP contribution in [0.1, 0.15) is 25.8 Å². The second-order valence-corrected chi connectivity index (χ2v) is 5.13. The molecule has 1 aromatic carbocycles. The molecule has 1 heterocycles. The van der Waals surface area contributed by atoms with E-state index in [4.69, 9.17) is 5.73 Å². The summed E-state index contributed by atoms with van der Waals surface area (Å²) < 4.78 is 0. The van der Waals surface area contributed by atoms with Crippen molar-refractivity contribution in [3.05, 3.63) is 29.8 Å². The molecular weight excluding hydrogens is 244 g/mol. The summed E-state index contributed by atoms with van der Waals surface area (Å²) in [4.78, 5) is 25.2. The van der Waals surface area contributed by atoms with Gasteiger partial charge in [-0.25, -0.2) is 4.79 Å². The van der Waals surface area contributed by atoms with Crippen LogP contribution in [0.25, 0.3) is 0 Å². The van der Waals surface area contributed by atoms with E-state index in [-0.39, 0.29) is 5.91 Å². The minimum atomic E-state index is -1.05. The largest absolute Gasteiger partial charge is 0.480 e. The third-order valence-electron chi connectivity index (χ3n) is 3.70. The minimum Gasteiger partial charge on any atom is -0.480 e. The van der Waals surface area contributed by atoms with Crippen LogP contribution in [0.5, 0.6) is 0 Å². The lowest BCUT2D eigenvalue weighted by Crippen LogP contribution is -2.56. The lowest BCUT2D eigenvalue weighted by atomic mass is 9.98. The molecule has 0 fully saturated rings. The average Bonchev–Trinajstić information content (AvgIpc) is 2.77. The van der Waals surface area contributed by atoms with E-state index in [1.54, 1.807) is 19.1 Å². The van der Waals surface area contributed by atoms with Gasteiger partial charge in [-0.2, -0.15) is 0 Å². The molecule has 1 unspecified atom stereocenters. The van der Waals surface area contributed by atoms with E-state index < -0.39 is 17.6 Å². The van der Waals surface area contributed by atoms with Crippen molar-refractivity contribution in [1.29, 1.82) is 0 Å². The van der Waals surface area contributed by atoms with Crippen LogP contribution in [0.4, 0.5) is 5.69 Å². The number of rotatable bonds is 3. The normalized spacial score (nSPS) is 20.8. The highest BCUT2D eigenvalue weighted by molar-refractivity contribution is 6.06. The monoisotopic (exact) mass is 262 g/mol. The van der Waals surface area contributed by atoms with E-state index in [1.807, 2.05) is 19.1 Å². The summed E-state index contributed by atoms with van der Waals surface area (Å²) in [6.45, 7) is 3.45. The first kappa shape index (κ1) is 13.5. The van der Waals surface area contributed by atoms with Gasteiger partial charge in [0.2, 0.25) is 5.91 Å². The number of carbonyl (C=O) groups excluding carboxylic acids is 1. The summed E-state index contributed by atoms with van der Waals surface area (Å²) >= 11 is 0. The zero-order valence-electron chi connectivity index (χ0n) is 11.1. The molecule has 0 saturated carbocycles. The summed E-state index contributed by atoms with van der Waals surface area (Å²) in [6, 6.07) is 6.38. The number of benzene rings is 1. The minimum absolute atomic E-state index is 0.330. The molecule has 0 bridgehead atoms. The van der Waals surface area contributed by atoms with Gasteiger partial charge in [0.1, 0.15) is 6.04 Å². The van der Waals surface area contributed by atoms with Gasteiger partial charge in [0.05, 0.1) is 5.54 Å². The summed E-state index contributed by atoms with van der Waals surface area (Å²) in [7, 11) is 0. The Morgan fingerprint density at radius 2 is 2.11 bits per heavy atom. The summed E-state index contributed by atoms with van der Waals surface area (Å²) in [6.07, 6.45) is 0.786. The van der Waals surface area contributed by atoms with Gasteiger partial charge in [-0.05, 0) is 25.0 Å². The second kappa shape index (κ2) is 4.66. The number of carboxylic acid groups (broad SMARTS) is 1. The fraction of sp³-hybridized carbons (Fsp3) is 0.429. The Hall–Kier alpha value is -1.88. The number of amides is 1. The first-order valence-electron chi connectivity index (χ1n) is 6.31. The van der Waals surface area contributed by atoms with E-state index >= 15 is 0 Å². The molecule has 0 aliphatic carbocycles. The molecule has 0 saturated heterocycles. The number of hydrogen-bond donors (Lipinski definition) is 2. The van der Waals surface area contributed by atoms with Crippen molar-refractivity contribution < 1.29 is 14.7 Å². The van der Waals surface area contributed by atoms with Crippen LogP contribution in [-0.2, 0) is 16.0 Å². The average molecular weight is 262 g/mol. The van der Waals surface area contributed by atoms with Gasteiger partial charge in [-0.3, -0.25) is 9.69 Å². The highest BCUT2D eigenvalue weighted by Crippen LogP contribution is 2.34. The van der Waals surface area contributed by atoms with Crippen molar-refractivity contribution in [2.45, 2.75) is 38.3 Å². The van der Waals surface area contributed by atoms with Crippen molar-refractivity contribution >= 4 is 17.6 Å². The van der Waals surface area contributed by atoms with Crippen LogP contribution in [0.3, 0.4) is 0 Å². The molecule has 2 rings (SSSR count). The number of anilines is 1. The number of fused-ring (bicyclic) bond motifs is 1. The van der Waals surface area contributed by atoms with E-state index in [0.29, 0.717) is 18.5 Å². The summed E-state index contributed by atoms with van der Waals surface area (Å²) in [5.41, 5.74) is 6.45. The van der Waals surface area contributed by atoms with Crippen LogP contribution in [0.2, 0.25) is 0 Å². The van der Waals surface area contributed by atoms with Gasteiger partial charge in [0.25, 0.3) is 0 Å². The Balaban J connectivity index is 2.45. The predicted octanol–water partition coefficient (Wildman–Crippen LogP) is 1.16. The molecule has 1 aliphatic rings. The van der Waals surface area contributed by atoms with Crippen molar-refractivity contribution in [3.63, 3.8) is 0 Å². The van der Waals surface area contributed by atoms with Gasteiger partial charge in [0, 0.05) is 12.1 Å². The number of aliphatic carboxylic acids is 1. The molecule has 2 atom stereocenters. The van der Waals surface area contributed by atoms with Gasteiger partial charge in [0.15, 0.2) is 0 Å². The SMILES string of the molecule is CCC(C)(N)C(=O)N1c2ccccc2C[C@H]1C(=O)O. The molecule has 0 radical (unpaired) electrons. The molecule has 1 amide bonds. The van der Waals surface area contributed by atoms with Crippen LogP contribution >= 0.6 is 0 Å². The predicted molar refractivity (Wildman–Crippen MR) is 71.9 cm³/mol. The topological polar surface area (TPSA) is 83.6 Å². The van der Waals surface area contributed by atoms with Crippen molar-refractivity contribution in [2.24, 2.45) is 5.73 Å². The molecule has 1 aromatic rings. The van der Waals surface area contributed by atoms with Gasteiger partial charge >= 0.3 is 5.97 Å². The van der Waals surface area contributed by atoms with Crippen LogP contribution in [0.15, 0.2) is 24.3 Å². The highest BCUT2D eigenvalue weighted by Gasteiger charge is 2.43. The molecule has 5 nitrogen and oxygen atoms in total. The van der Waals surface area contributed by atoms with Crippen molar-refractivity contribution in [1.82, 2.24) is 0 Å². The Bertz CT molecular complexity index is 525. The molecule has 102 valence electrons. The molecule has 0 spiro atoms. The van der Waals surface area contributed by atoms with Crippen LogP contribution < -0.4 is 10.6 Å². The maximum atomic E-state index is 12.5. The fourth-order valence-corrected chi connectivity index (χ4v) is 2.26. The van der Waals surface area contributed by atoms with Crippen molar-refractivity contribution in [2.75, 3.05) is 4.90 Å². The first-order chi connectivity index (χ1) is 8.88. The third-order valence-corrected chi connectivity index (χ3v) is 3.70. The zero-order chi connectivity index (χ0) is 14.2.